The maximum atomic E-state index is 12.5. The minimum atomic E-state index is -0.366. The zero-order valence-corrected chi connectivity index (χ0v) is 16.8. The molecule has 1 heterocycles. The van der Waals surface area contributed by atoms with E-state index in [1.165, 1.54) is 5.56 Å². The van der Waals surface area contributed by atoms with Gasteiger partial charge in [-0.25, -0.2) is 5.43 Å². The van der Waals surface area contributed by atoms with E-state index in [1.54, 1.807) is 19.4 Å². The lowest BCUT2D eigenvalue weighted by Gasteiger charge is -2.09. The summed E-state index contributed by atoms with van der Waals surface area (Å²) < 4.78 is 5.53. The Hall–Kier alpha value is -3.93. The molecule has 6 heteroatoms. The minimum absolute atomic E-state index is 0.318. The molecule has 0 spiro atoms. The highest BCUT2D eigenvalue weighted by molar-refractivity contribution is 6.00. The number of hydrazone groups is 1. The molecule has 2 N–H and O–H groups in total. The highest BCUT2D eigenvalue weighted by atomic mass is 16.5. The molecule has 150 valence electrons. The fraction of sp³-hybridized carbons (Fsp3) is 0.125. The summed E-state index contributed by atoms with van der Waals surface area (Å²) in [6.45, 7) is 2.11. The van der Waals surface area contributed by atoms with E-state index in [2.05, 4.69) is 27.6 Å². The summed E-state index contributed by atoms with van der Waals surface area (Å²) in [5, 5.41) is 13.2. The number of hydrogen-bond donors (Lipinski definition) is 2. The molecule has 0 saturated heterocycles. The quantitative estimate of drug-likeness (QED) is 0.369. The van der Waals surface area contributed by atoms with Gasteiger partial charge in [-0.2, -0.15) is 10.2 Å². The summed E-state index contributed by atoms with van der Waals surface area (Å²) in [7, 11) is 1.62. The molecule has 4 aromatic rings. The number of carbonyl (C=O) groups excluding carboxylic acids is 1. The van der Waals surface area contributed by atoms with Gasteiger partial charge in [-0.15, -0.1) is 0 Å². The summed E-state index contributed by atoms with van der Waals surface area (Å²) in [6, 6.07) is 21.6. The van der Waals surface area contributed by atoms with Crippen LogP contribution in [0.25, 0.3) is 22.0 Å². The van der Waals surface area contributed by atoms with Crippen molar-refractivity contribution in [3.8, 4) is 17.0 Å². The summed E-state index contributed by atoms with van der Waals surface area (Å²) in [5.74, 6) is 0.329. The van der Waals surface area contributed by atoms with Crippen molar-refractivity contribution < 1.29 is 9.53 Å². The maximum Gasteiger partial charge on any atom is 0.289 e. The standard InChI is InChI=1S/C24H22N4O2/c1-3-16-8-10-17(11-9-16)15-25-28-24(29)21-14-20(26-27-21)23-19-7-5-4-6-18(19)12-13-22(23)30-2/h4-15H,3H2,1-2H3,(H,26,27)(H,28,29). The number of H-pyrrole nitrogens is 1. The second-order valence-corrected chi connectivity index (χ2v) is 6.83. The van der Waals surface area contributed by atoms with Crippen LogP contribution in [-0.2, 0) is 6.42 Å². The van der Waals surface area contributed by atoms with Gasteiger partial charge in [0.05, 0.1) is 24.6 Å². The van der Waals surface area contributed by atoms with Gasteiger partial charge in [0.1, 0.15) is 11.4 Å². The molecule has 4 rings (SSSR count). The molecule has 0 atom stereocenters. The van der Waals surface area contributed by atoms with Gasteiger partial charge in [0.25, 0.3) is 5.91 Å². The third kappa shape index (κ3) is 3.93. The van der Waals surface area contributed by atoms with Crippen molar-refractivity contribution >= 4 is 22.9 Å². The van der Waals surface area contributed by atoms with Crippen molar-refractivity contribution in [2.45, 2.75) is 13.3 Å². The van der Waals surface area contributed by atoms with Gasteiger partial charge < -0.3 is 4.74 Å². The molecule has 0 saturated carbocycles. The first kappa shape index (κ1) is 19.4. The van der Waals surface area contributed by atoms with Crippen molar-refractivity contribution in [2.24, 2.45) is 5.10 Å². The Bertz CT molecular complexity index is 1210. The Morgan fingerprint density at radius 1 is 1.13 bits per heavy atom. The molecule has 3 aromatic carbocycles. The first-order chi connectivity index (χ1) is 14.7. The number of amides is 1. The van der Waals surface area contributed by atoms with E-state index in [-0.39, 0.29) is 5.91 Å². The van der Waals surface area contributed by atoms with Crippen LogP contribution in [0.1, 0.15) is 28.5 Å². The van der Waals surface area contributed by atoms with E-state index >= 15 is 0 Å². The summed E-state index contributed by atoms with van der Waals surface area (Å²) >= 11 is 0. The predicted octanol–water partition coefficient (Wildman–Crippen LogP) is 4.56. The molecular formula is C24H22N4O2. The van der Waals surface area contributed by atoms with Crippen LogP contribution in [0, 0.1) is 0 Å². The van der Waals surface area contributed by atoms with E-state index in [1.807, 2.05) is 60.7 Å². The molecular weight excluding hydrogens is 376 g/mol. The molecule has 6 nitrogen and oxygen atoms in total. The van der Waals surface area contributed by atoms with E-state index in [9.17, 15) is 4.79 Å². The molecule has 0 radical (unpaired) electrons. The predicted molar refractivity (Wildman–Crippen MR) is 119 cm³/mol. The Morgan fingerprint density at radius 3 is 2.70 bits per heavy atom. The van der Waals surface area contributed by atoms with Gasteiger partial charge in [-0.3, -0.25) is 9.89 Å². The smallest absolute Gasteiger partial charge is 0.289 e. The van der Waals surface area contributed by atoms with Gasteiger partial charge in [0.2, 0.25) is 0 Å². The number of nitrogens with zero attached hydrogens (tertiary/aromatic N) is 2. The number of benzene rings is 3. The fourth-order valence-corrected chi connectivity index (χ4v) is 3.32. The number of aromatic nitrogens is 2. The lowest BCUT2D eigenvalue weighted by atomic mass is 10.0. The molecule has 0 aliphatic heterocycles. The zero-order valence-electron chi connectivity index (χ0n) is 16.8. The van der Waals surface area contributed by atoms with Crippen LogP contribution >= 0.6 is 0 Å². The number of aryl methyl sites for hydroxylation is 1. The van der Waals surface area contributed by atoms with E-state index in [0.717, 1.165) is 28.3 Å². The SMILES string of the molecule is CCc1ccc(C=NNC(=O)c2cc(-c3c(OC)ccc4ccccc34)n[nH]2)cc1. The monoisotopic (exact) mass is 398 g/mol. The van der Waals surface area contributed by atoms with E-state index < -0.39 is 0 Å². The van der Waals surface area contributed by atoms with Gasteiger partial charge in [0.15, 0.2) is 0 Å². The number of ether oxygens (including phenoxy) is 1. The Balaban J connectivity index is 1.55. The van der Waals surface area contributed by atoms with Crippen LogP contribution in [0.4, 0.5) is 0 Å². The molecule has 30 heavy (non-hydrogen) atoms. The van der Waals surface area contributed by atoms with Crippen molar-refractivity contribution in [3.63, 3.8) is 0 Å². The van der Waals surface area contributed by atoms with Crippen molar-refractivity contribution in [2.75, 3.05) is 7.11 Å². The van der Waals surface area contributed by atoms with Crippen LogP contribution in [-0.4, -0.2) is 29.4 Å². The van der Waals surface area contributed by atoms with Crippen molar-refractivity contribution in [1.29, 1.82) is 0 Å². The molecule has 1 aromatic heterocycles. The number of carbonyl (C=O) groups is 1. The number of methoxy groups -OCH3 is 1. The third-order valence-electron chi connectivity index (χ3n) is 4.96. The molecule has 1 amide bonds. The average molecular weight is 398 g/mol. The van der Waals surface area contributed by atoms with E-state index in [4.69, 9.17) is 4.74 Å². The fourth-order valence-electron chi connectivity index (χ4n) is 3.32. The largest absolute Gasteiger partial charge is 0.496 e. The highest BCUT2D eigenvalue weighted by Gasteiger charge is 2.16. The van der Waals surface area contributed by atoms with Gasteiger partial charge in [-0.05, 0) is 40.5 Å². The van der Waals surface area contributed by atoms with E-state index in [0.29, 0.717) is 17.1 Å². The second kappa shape index (κ2) is 8.61. The number of nitrogens with one attached hydrogen (secondary N) is 2. The average Bonchev–Trinajstić information content (AvgIpc) is 3.28. The second-order valence-electron chi connectivity index (χ2n) is 6.83. The first-order valence-electron chi connectivity index (χ1n) is 9.73. The first-order valence-corrected chi connectivity index (χ1v) is 9.73. The maximum absolute atomic E-state index is 12.5. The van der Waals surface area contributed by atoms with Crippen LogP contribution in [0.15, 0.2) is 71.8 Å². The van der Waals surface area contributed by atoms with Crippen LogP contribution in [0.3, 0.4) is 0 Å². The summed E-state index contributed by atoms with van der Waals surface area (Å²) in [6.07, 6.45) is 2.60. The molecule has 0 unspecified atom stereocenters. The number of hydrogen-bond acceptors (Lipinski definition) is 4. The lowest BCUT2D eigenvalue weighted by Crippen LogP contribution is -2.18. The minimum Gasteiger partial charge on any atom is -0.496 e. The lowest BCUT2D eigenvalue weighted by molar-refractivity contribution is 0.0950. The molecule has 0 bridgehead atoms. The number of aromatic amines is 1. The van der Waals surface area contributed by atoms with Crippen molar-refractivity contribution in [3.05, 3.63) is 83.6 Å². The van der Waals surface area contributed by atoms with Crippen LogP contribution in [0.2, 0.25) is 0 Å². The van der Waals surface area contributed by atoms with Crippen LogP contribution < -0.4 is 10.2 Å². The normalized spacial score (nSPS) is 11.1. The van der Waals surface area contributed by atoms with Crippen LogP contribution in [0.5, 0.6) is 5.75 Å². The summed E-state index contributed by atoms with van der Waals surface area (Å²) in [5.41, 5.74) is 6.49. The molecule has 0 aliphatic rings. The third-order valence-corrected chi connectivity index (χ3v) is 4.96. The Labute approximate surface area is 174 Å². The highest BCUT2D eigenvalue weighted by Crippen LogP contribution is 2.36. The zero-order chi connectivity index (χ0) is 20.9. The van der Waals surface area contributed by atoms with Crippen molar-refractivity contribution in [1.82, 2.24) is 15.6 Å². The number of fused-ring (bicyclic) bond motifs is 1. The van der Waals surface area contributed by atoms with Gasteiger partial charge >= 0.3 is 0 Å². The molecule has 0 fully saturated rings. The summed E-state index contributed by atoms with van der Waals surface area (Å²) in [4.78, 5) is 12.5. The Morgan fingerprint density at radius 2 is 1.93 bits per heavy atom. The topological polar surface area (TPSA) is 79.4 Å². The molecule has 0 aliphatic carbocycles. The number of rotatable bonds is 6. The Kier molecular flexibility index (Phi) is 5.57. The van der Waals surface area contributed by atoms with Gasteiger partial charge in [-0.1, -0.05) is 61.5 Å². The van der Waals surface area contributed by atoms with Gasteiger partial charge in [0, 0.05) is 0 Å².